The Labute approximate surface area is 108 Å². The van der Waals surface area contributed by atoms with Crippen LogP contribution in [0.25, 0.3) is 0 Å². The molecule has 0 bridgehead atoms. The maximum absolute atomic E-state index is 12.7. The summed E-state index contributed by atoms with van der Waals surface area (Å²) < 4.78 is 0. The molecule has 1 unspecified atom stereocenters. The molecule has 1 aliphatic heterocycles. The van der Waals surface area contributed by atoms with E-state index in [-0.39, 0.29) is 18.1 Å². The van der Waals surface area contributed by atoms with Crippen molar-refractivity contribution >= 4 is 11.7 Å². The largest absolute Gasteiger partial charge is 0.325 e. The number of anilines is 1. The zero-order chi connectivity index (χ0) is 12.9. The molecule has 1 heterocycles. The molecule has 0 saturated heterocycles. The summed E-state index contributed by atoms with van der Waals surface area (Å²) in [7, 11) is 0. The molecule has 3 rings (SSSR count). The summed E-state index contributed by atoms with van der Waals surface area (Å²) in [6.45, 7) is 6.30. The van der Waals surface area contributed by atoms with Crippen LogP contribution in [-0.4, -0.2) is 23.0 Å². The standard InChI is InChI=1S/C15H20N2O/c1-10(2)16-14-7-5-4-6-13(14)11(3)17(15(16)18)12-8-9-12/h4-7,10-12H,8-9H2,1-3H3. The minimum Gasteiger partial charge on any atom is -0.315 e. The lowest BCUT2D eigenvalue weighted by Crippen LogP contribution is -2.52. The molecule has 1 aliphatic carbocycles. The van der Waals surface area contributed by atoms with Gasteiger partial charge in [-0.1, -0.05) is 18.2 Å². The first-order valence-electron chi connectivity index (χ1n) is 6.81. The Morgan fingerprint density at radius 2 is 1.89 bits per heavy atom. The second kappa shape index (κ2) is 4.01. The first-order chi connectivity index (χ1) is 8.61. The number of hydrogen-bond acceptors (Lipinski definition) is 1. The average Bonchev–Trinajstić information content (AvgIpc) is 3.13. The lowest BCUT2D eigenvalue weighted by Gasteiger charge is -2.43. The summed E-state index contributed by atoms with van der Waals surface area (Å²) in [4.78, 5) is 16.7. The summed E-state index contributed by atoms with van der Waals surface area (Å²) in [6, 6.07) is 9.34. The fourth-order valence-corrected chi connectivity index (χ4v) is 2.93. The Bertz CT molecular complexity index is 479. The molecule has 3 nitrogen and oxygen atoms in total. The van der Waals surface area contributed by atoms with E-state index in [0.29, 0.717) is 6.04 Å². The summed E-state index contributed by atoms with van der Waals surface area (Å²) >= 11 is 0. The van der Waals surface area contributed by atoms with Gasteiger partial charge < -0.3 is 4.90 Å². The molecular formula is C15H20N2O. The second-order valence-corrected chi connectivity index (χ2v) is 5.62. The number of carbonyl (C=O) groups excluding carboxylic acids is 1. The highest BCUT2D eigenvalue weighted by Crippen LogP contribution is 2.43. The van der Waals surface area contributed by atoms with Crippen LogP contribution in [-0.2, 0) is 0 Å². The monoisotopic (exact) mass is 244 g/mol. The van der Waals surface area contributed by atoms with Crippen LogP contribution < -0.4 is 4.90 Å². The highest BCUT2D eigenvalue weighted by Gasteiger charge is 2.43. The zero-order valence-corrected chi connectivity index (χ0v) is 11.3. The van der Waals surface area contributed by atoms with Crippen molar-refractivity contribution in [2.24, 2.45) is 0 Å². The van der Waals surface area contributed by atoms with Crippen molar-refractivity contribution < 1.29 is 4.79 Å². The molecule has 96 valence electrons. The van der Waals surface area contributed by atoms with Gasteiger partial charge in [0.25, 0.3) is 0 Å². The second-order valence-electron chi connectivity index (χ2n) is 5.62. The topological polar surface area (TPSA) is 23.6 Å². The Kier molecular flexibility index (Phi) is 2.58. The van der Waals surface area contributed by atoms with Gasteiger partial charge in [-0.05, 0) is 45.2 Å². The SMILES string of the molecule is CC(C)N1C(=O)N(C2CC2)C(C)c2ccccc21. The number of carbonyl (C=O) groups is 1. The molecule has 1 aromatic carbocycles. The van der Waals surface area contributed by atoms with Crippen LogP contribution in [0.3, 0.4) is 0 Å². The van der Waals surface area contributed by atoms with E-state index >= 15 is 0 Å². The Balaban J connectivity index is 2.10. The van der Waals surface area contributed by atoms with Crippen molar-refractivity contribution in [3.05, 3.63) is 29.8 Å². The van der Waals surface area contributed by atoms with Crippen LogP contribution in [0.5, 0.6) is 0 Å². The van der Waals surface area contributed by atoms with E-state index in [9.17, 15) is 4.79 Å². The van der Waals surface area contributed by atoms with Gasteiger partial charge in [0.1, 0.15) is 0 Å². The minimum absolute atomic E-state index is 0.179. The van der Waals surface area contributed by atoms with Crippen molar-refractivity contribution in [2.75, 3.05) is 4.90 Å². The number of fused-ring (bicyclic) bond motifs is 1. The lowest BCUT2D eigenvalue weighted by atomic mass is 10.00. The number of hydrogen-bond donors (Lipinski definition) is 0. The van der Waals surface area contributed by atoms with Gasteiger partial charge in [0, 0.05) is 12.1 Å². The molecule has 2 aliphatic rings. The zero-order valence-electron chi connectivity index (χ0n) is 11.3. The van der Waals surface area contributed by atoms with Gasteiger partial charge in [0.15, 0.2) is 0 Å². The number of nitrogens with zero attached hydrogens (tertiary/aromatic N) is 2. The van der Waals surface area contributed by atoms with E-state index in [1.54, 1.807) is 0 Å². The van der Waals surface area contributed by atoms with E-state index in [1.165, 1.54) is 5.56 Å². The highest BCUT2D eigenvalue weighted by atomic mass is 16.2. The molecule has 1 fully saturated rings. The lowest BCUT2D eigenvalue weighted by molar-refractivity contribution is 0.175. The normalized spacial score (nSPS) is 23.6. The van der Waals surface area contributed by atoms with Gasteiger partial charge in [-0.2, -0.15) is 0 Å². The summed E-state index contributed by atoms with van der Waals surface area (Å²) in [5.41, 5.74) is 2.36. The maximum Gasteiger partial charge on any atom is 0.325 e. The van der Waals surface area contributed by atoms with Crippen LogP contribution in [0.15, 0.2) is 24.3 Å². The van der Waals surface area contributed by atoms with Crippen LogP contribution in [0.1, 0.15) is 45.2 Å². The molecule has 0 aromatic heterocycles. The third-order valence-electron chi connectivity index (χ3n) is 3.95. The van der Waals surface area contributed by atoms with Gasteiger partial charge >= 0.3 is 6.03 Å². The fourth-order valence-electron chi connectivity index (χ4n) is 2.93. The number of urea groups is 1. The smallest absolute Gasteiger partial charge is 0.315 e. The molecule has 0 radical (unpaired) electrons. The Hall–Kier alpha value is -1.51. The van der Waals surface area contributed by atoms with Crippen LogP contribution >= 0.6 is 0 Å². The quantitative estimate of drug-likeness (QED) is 0.780. The molecule has 3 heteroatoms. The summed E-state index contributed by atoms with van der Waals surface area (Å²) in [5.74, 6) is 0. The van der Waals surface area contributed by atoms with Crippen LogP contribution in [0.4, 0.5) is 10.5 Å². The molecule has 1 saturated carbocycles. The predicted molar refractivity (Wildman–Crippen MR) is 72.7 cm³/mol. The Morgan fingerprint density at radius 3 is 2.50 bits per heavy atom. The van der Waals surface area contributed by atoms with Crippen molar-refractivity contribution in [2.45, 2.75) is 51.7 Å². The minimum atomic E-state index is 0.179. The van der Waals surface area contributed by atoms with E-state index in [0.717, 1.165) is 18.5 Å². The number of benzene rings is 1. The third kappa shape index (κ3) is 1.61. The first-order valence-corrected chi connectivity index (χ1v) is 6.81. The van der Waals surface area contributed by atoms with Gasteiger partial charge in [-0.15, -0.1) is 0 Å². The number of para-hydroxylation sites is 1. The van der Waals surface area contributed by atoms with Crippen molar-refractivity contribution in [3.8, 4) is 0 Å². The summed E-state index contributed by atoms with van der Waals surface area (Å²) in [5, 5.41) is 0. The fraction of sp³-hybridized carbons (Fsp3) is 0.533. The number of rotatable bonds is 2. The van der Waals surface area contributed by atoms with E-state index in [1.807, 2.05) is 11.0 Å². The van der Waals surface area contributed by atoms with Crippen molar-refractivity contribution in [1.82, 2.24) is 4.90 Å². The first kappa shape index (κ1) is 11.6. The molecular weight excluding hydrogens is 224 g/mol. The van der Waals surface area contributed by atoms with E-state index < -0.39 is 0 Å². The van der Waals surface area contributed by atoms with E-state index in [4.69, 9.17) is 0 Å². The molecule has 18 heavy (non-hydrogen) atoms. The van der Waals surface area contributed by atoms with Crippen molar-refractivity contribution in [3.63, 3.8) is 0 Å². The van der Waals surface area contributed by atoms with Gasteiger partial charge in [-0.3, -0.25) is 4.90 Å². The van der Waals surface area contributed by atoms with Gasteiger partial charge in [0.2, 0.25) is 0 Å². The predicted octanol–water partition coefficient (Wildman–Crippen LogP) is 3.56. The van der Waals surface area contributed by atoms with Crippen LogP contribution in [0, 0.1) is 0 Å². The van der Waals surface area contributed by atoms with Crippen LogP contribution in [0.2, 0.25) is 0 Å². The molecule has 2 amide bonds. The van der Waals surface area contributed by atoms with Crippen molar-refractivity contribution in [1.29, 1.82) is 0 Å². The molecule has 1 atom stereocenters. The Morgan fingerprint density at radius 1 is 1.22 bits per heavy atom. The highest BCUT2D eigenvalue weighted by molar-refractivity contribution is 5.96. The number of amides is 2. The maximum atomic E-state index is 12.7. The molecule has 0 N–H and O–H groups in total. The summed E-state index contributed by atoms with van der Waals surface area (Å²) in [6.07, 6.45) is 2.31. The van der Waals surface area contributed by atoms with Gasteiger partial charge in [0.05, 0.1) is 11.7 Å². The molecule has 0 spiro atoms. The van der Waals surface area contributed by atoms with Gasteiger partial charge in [-0.25, -0.2) is 4.79 Å². The van der Waals surface area contributed by atoms with E-state index in [2.05, 4.69) is 43.9 Å². The molecule has 1 aromatic rings. The third-order valence-corrected chi connectivity index (χ3v) is 3.95. The average molecular weight is 244 g/mol.